The van der Waals surface area contributed by atoms with Gasteiger partial charge in [0, 0.05) is 25.6 Å². The number of carbonyl (C=O) groups is 1. The number of nitrogens with zero attached hydrogens (tertiary/aromatic N) is 2. The summed E-state index contributed by atoms with van der Waals surface area (Å²) in [5.74, 6) is 0.594. The molecule has 0 saturated heterocycles. The molecule has 1 amide bonds. The Labute approximate surface area is 155 Å². The van der Waals surface area contributed by atoms with Gasteiger partial charge in [-0.2, -0.15) is 0 Å². The normalized spacial score (nSPS) is 11.8. The second kappa shape index (κ2) is 10.6. The molecule has 0 aliphatic heterocycles. The molecule has 26 heavy (non-hydrogen) atoms. The summed E-state index contributed by atoms with van der Waals surface area (Å²) in [6.07, 6.45) is 0. The van der Waals surface area contributed by atoms with E-state index in [0.29, 0.717) is 26.2 Å². The first-order chi connectivity index (χ1) is 12.3. The van der Waals surface area contributed by atoms with Gasteiger partial charge in [0.2, 0.25) is 5.91 Å². The molecule has 0 heterocycles. The fourth-order valence-corrected chi connectivity index (χ4v) is 2.03. The second-order valence-corrected chi connectivity index (χ2v) is 6.94. The third-order valence-electron chi connectivity index (χ3n) is 3.56. The van der Waals surface area contributed by atoms with Crippen LogP contribution in [0.5, 0.6) is 5.75 Å². The van der Waals surface area contributed by atoms with Gasteiger partial charge in [-0.1, -0.05) is 32.9 Å². The van der Waals surface area contributed by atoms with Crippen LogP contribution < -0.4 is 15.4 Å². The van der Waals surface area contributed by atoms with E-state index >= 15 is 0 Å². The highest BCUT2D eigenvalue weighted by Crippen LogP contribution is 2.15. The van der Waals surface area contributed by atoms with Gasteiger partial charge in [0.25, 0.3) is 0 Å². The van der Waals surface area contributed by atoms with Gasteiger partial charge in [-0.05, 0) is 19.1 Å². The Morgan fingerprint density at radius 3 is 2.58 bits per heavy atom. The lowest BCUT2D eigenvalue weighted by Gasteiger charge is -2.22. The lowest BCUT2D eigenvalue weighted by atomic mass is 9.96. The van der Waals surface area contributed by atoms with Crippen molar-refractivity contribution in [3.63, 3.8) is 0 Å². The molecular formula is C19H31FN4O2. The minimum absolute atomic E-state index is 0.00402. The van der Waals surface area contributed by atoms with Gasteiger partial charge in [0.15, 0.2) is 17.5 Å². The summed E-state index contributed by atoms with van der Waals surface area (Å²) in [5.41, 5.74) is -0.408. The number of hydrogen-bond acceptors (Lipinski definition) is 3. The number of para-hydroxylation sites is 1. The number of rotatable bonds is 8. The molecule has 0 aliphatic rings. The van der Waals surface area contributed by atoms with Crippen molar-refractivity contribution in [2.75, 3.05) is 39.8 Å². The van der Waals surface area contributed by atoms with Gasteiger partial charge >= 0.3 is 0 Å². The molecule has 1 rings (SSSR count). The van der Waals surface area contributed by atoms with Crippen LogP contribution in [0, 0.1) is 11.2 Å². The molecule has 7 heteroatoms. The van der Waals surface area contributed by atoms with Crippen molar-refractivity contribution < 1.29 is 13.9 Å². The van der Waals surface area contributed by atoms with E-state index in [4.69, 9.17) is 4.74 Å². The minimum atomic E-state index is -0.408. The molecule has 0 unspecified atom stereocenters. The first-order valence-corrected chi connectivity index (χ1v) is 8.90. The van der Waals surface area contributed by atoms with Crippen LogP contribution in [-0.2, 0) is 4.79 Å². The van der Waals surface area contributed by atoms with E-state index in [9.17, 15) is 9.18 Å². The Morgan fingerprint density at radius 1 is 1.27 bits per heavy atom. The highest BCUT2D eigenvalue weighted by molar-refractivity contribution is 5.81. The van der Waals surface area contributed by atoms with Crippen molar-refractivity contribution >= 4 is 11.9 Å². The fourth-order valence-electron chi connectivity index (χ4n) is 2.03. The Hall–Kier alpha value is -2.31. The molecule has 0 spiro atoms. The Balaban J connectivity index is 2.46. The number of ether oxygens (including phenoxy) is 1. The van der Waals surface area contributed by atoms with Crippen molar-refractivity contribution in [3.05, 3.63) is 30.1 Å². The standard InChI is InChI=1S/C19H31FN4O2/c1-6-21-18(23-12-11-22-17(25)19(2,3)4)24(5)13-14-26-16-10-8-7-9-15(16)20/h7-10H,6,11-14H2,1-5H3,(H,21,23)(H,22,25). The van der Waals surface area contributed by atoms with Gasteiger partial charge in [-0.15, -0.1) is 0 Å². The van der Waals surface area contributed by atoms with Crippen molar-refractivity contribution in [3.8, 4) is 5.75 Å². The van der Waals surface area contributed by atoms with Gasteiger partial charge in [0.05, 0.1) is 13.1 Å². The first-order valence-electron chi connectivity index (χ1n) is 8.90. The summed E-state index contributed by atoms with van der Waals surface area (Å²) < 4.78 is 19.0. The van der Waals surface area contributed by atoms with Crippen LogP contribution in [-0.4, -0.2) is 56.6 Å². The van der Waals surface area contributed by atoms with E-state index in [0.717, 1.165) is 12.5 Å². The van der Waals surface area contributed by atoms with Crippen LogP contribution in [0.1, 0.15) is 27.7 Å². The number of likely N-dealkylation sites (N-methyl/N-ethyl adjacent to an activating group) is 1. The monoisotopic (exact) mass is 366 g/mol. The largest absolute Gasteiger partial charge is 0.489 e. The van der Waals surface area contributed by atoms with Crippen molar-refractivity contribution in [2.45, 2.75) is 27.7 Å². The van der Waals surface area contributed by atoms with Crippen molar-refractivity contribution in [1.82, 2.24) is 15.5 Å². The van der Waals surface area contributed by atoms with E-state index in [2.05, 4.69) is 15.6 Å². The van der Waals surface area contributed by atoms with Crippen LogP contribution in [0.3, 0.4) is 0 Å². The number of guanidine groups is 1. The molecule has 0 radical (unpaired) electrons. The molecule has 0 aromatic heterocycles. The lowest BCUT2D eigenvalue weighted by molar-refractivity contribution is -0.128. The predicted molar refractivity (Wildman–Crippen MR) is 103 cm³/mol. The predicted octanol–water partition coefficient (Wildman–Crippen LogP) is 2.26. The Kier molecular flexibility index (Phi) is 8.88. The van der Waals surface area contributed by atoms with Crippen LogP contribution in [0.4, 0.5) is 4.39 Å². The third-order valence-corrected chi connectivity index (χ3v) is 3.56. The van der Waals surface area contributed by atoms with E-state index in [-0.39, 0.29) is 17.5 Å². The van der Waals surface area contributed by atoms with Crippen molar-refractivity contribution in [2.24, 2.45) is 10.4 Å². The highest BCUT2D eigenvalue weighted by atomic mass is 19.1. The number of nitrogens with one attached hydrogen (secondary N) is 2. The quantitative estimate of drug-likeness (QED) is 0.421. The molecule has 1 aromatic carbocycles. The van der Waals surface area contributed by atoms with Gasteiger partial charge in [-0.3, -0.25) is 9.79 Å². The average Bonchev–Trinajstić information content (AvgIpc) is 2.58. The summed E-state index contributed by atoms with van der Waals surface area (Å²) >= 11 is 0. The fraction of sp³-hybridized carbons (Fsp3) is 0.579. The lowest BCUT2D eigenvalue weighted by Crippen LogP contribution is -2.41. The Bertz CT molecular complexity index is 599. The van der Waals surface area contributed by atoms with E-state index in [1.54, 1.807) is 18.2 Å². The molecule has 0 bridgehead atoms. The summed E-state index contributed by atoms with van der Waals surface area (Å²) in [6, 6.07) is 6.34. The maximum absolute atomic E-state index is 13.5. The first kappa shape index (κ1) is 21.7. The molecule has 6 nitrogen and oxygen atoms in total. The van der Waals surface area contributed by atoms with Crippen molar-refractivity contribution in [1.29, 1.82) is 0 Å². The number of carbonyl (C=O) groups excluding carboxylic acids is 1. The van der Waals surface area contributed by atoms with E-state index in [1.165, 1.54) is 6.07 Å². The minimum Gasteiger partial charge on any atom is -0.489 e. The van der Waals surface area contributed by atoms with Gasteiger partial charge in [0.1, 0.15) is 6.61 Å². The van der Waals surface area contributed by atoms with Crippen LogP contribution in [0.2, 0.25) is 0 Å². The molecule has 0 fully saturated rings. The highest BCUT2D eigenvalue weighted by Gasteiger charge is 2.20. The van der Waals surface area contributed by atoms with Gasteiger partial charge < -0.3 is 20.3 Å². The Morgan fingerprint density at radius 2 is 1.96 bits per heavy atom. The number of halogens is 1. The summed E-state index contributed by atoms with van der Waals surface area (Å²) in [6.45, 7) is 10.2. The third kappa shape index (κ3) is 7.72. The summed E-state index contributed by atoms with van der Waals surface area (Å²) in [5, 5.41) is 6.07. The molecule has 0 aliphatic carbocycles. The maximum Gasteiger partial charge on any atom is 0.225 e. The smallest absolute Gasteiger partial charge is 0.225 e. The molecule has 146 valence electrons. The van der Waals surface area contributed by atoms with E-state index < -0.39 is 5.41 Å². The SMILES string of the molecule is CCNC(=NCCNC(=O)C(C)(C)C)N(C)CCOc1ccccc1F. The summed E-state index contributed by atoms with van der Waals surface area (Å²) in [7, 11) is 1.89. The second-order valence-electron chi connectivity index (χ2n) is 6.94. The van der Waals surface area contributed by atoms with Gasteiger partial charge in [-0.25, -0.2) is 4.39 Å². The summed E-state index contributed by atoms with van der Waals surface area (Å²) in [4.78, 5) is 18.2. The maximum atomic E-state index is 13.5. The molecule has 0 atom stereocenters. The number of aliphatic imine (C=N–C) groups is 1. The number of hydrogen-bond donors (Lipinski definition) is 2. The zero-order chi connectivity index (χ0) is 19.6. The zero-order valence-electron chi connectivity index (χ0n) is 16.4. The van der Waals surface area contributed by atoms with Crippen LogP contribution in [0.15, 0.2) is 29.3 Å². The average molecular weight is 366 g/mol. The van der Waals surface area contributed by atoms with Crippen LogP contribution >= 0.6 is 0 Å². The zero-order valence-corrected chi connectivity index (χ0v) is 16.4. The molecule has 2 N–H and O–H groups in total. The molecule has 1 aromatic rings. The molecule has 0 saturated carbocycles. The number of amides is 1. The van der Waals surface area contributed by atoms with Crippen LogP contribution in [0.25, 0.3) is 0 Å². The molecular weight excluding hydrogens is 335 g/mol. The topological polar surface area (TPSA) is 66.0 Å². The van der Waals surface area contributed by atoms with E-state index in [1.807, 2.05) is 39.6 Å². The number of benzene rings is 1.